The highest BCUT2D eigenvalue weighted by Gasteiger charge is 2.38. The van der Waals surface area contributed by atoms with Crippen LogP contribution in [0.3, 0.4) is 0 Å². The van der Waals surface area contributed by atoms with Gasteiger partial charge in [-0.25, -0.2) is 0 Å². The largest absolute Gasteiger partial charge is 0.339 e. The maximum absolute atomic E-state index is 12.6. The maximum atomic E-state index is 12.6. The molecule has 2 atom stereocenters. The van der Waals surface area contributed by atoms with E-state index in [-0.39, 0.29) is 23.9 Å². The monoisotopic (exact) mass is 293 g/mol. The van der Waals surface area contributed by atoms with Crippen molar-refractivity contribution in [1.82, 2.24) is 9.80 Å². The predicted octanol–water partition coefficient (Wildman–Crippen LogP) is 0.912. The van der Waals surface area contributed by atoms with Gasteiger partial charge in [0.1, 0.15) is 6.04 Å². The first-order chi connectivity index (χ1) is 9.66. The number of carbonyl (C=O) groups is 2. The van der Waals surface area contributed by atoms with Gasteiger partial charge in [-0.1, -0.05) is 6.07 Å². The number of thiophene rings is 1. The summed E-state index contributed by atoms with van der Waals surface area (Å²) in [6, 6.07) is 3.47. The molecule has 2 fully saturated rings. The van der Waals surface area contributed by atoms with Crippen molar-refractivity contribution < 1.29 is 9.59 Å². The molecule has 1 unspecified atom stereocenters. The summed E-state index contributed by atoms with van der Waals surface area (Å²) < 4.78 is 0. The molecule has 2 saturated heterocycles. The molecule has 6 heteroatoms. The Labute approximate surface area is 122 Å². The predicted molar refractivity (Wildman–Crippen MR) is 77.5 cm³/mol. The van der Waals surface area contributed by atoms with Crippen LogP contribution in [0.4, 0.5) is 0 Å². The van der Waals surface area contributed by atoms with E-state index < -0.39 is 0 Å². The summed E-state index contributed by atoms with van der Waals surface area (Å²) in [5.74, 6) is 0.0553. The Hall–Kier alpha value is -1.40. The Kier molecular flexibility index (Phi) is 3.76. The fraction of sp³-hybridized carbons (Fsp3) is 0.571. The summed E-state index contributed by atoms with van der Waals surface area (Å²) in [5, 5.41) is 1.89. The molecule has 1 aromatic rings. The van der Waals surface area contributed by atoms with E-state index in [0.29, 0.717) is 18.0 Å². The van der Waals surface area contributed by atoms with Crippen LogP contribution in [0.5, 0.6) is 0 Å². The van der Waals surface area contributed by atoms with Gasteiger partial charge in [-0.2, -0.15) is 0 Å². The topological polar surface area (TPSA) is 66.6 Å². The molecule has 0 aromatic carbocycles. The molecule has 108 valence electrons. The van der Waals surface area contributed by atoms with Crippen molar-refractivity contribution in [3.63, 3.8) is 0 Å². The van der Waals surface area contributed by atoms with Gasteiger partial charge in [-0.15, -0.1) is 11.3 Å². The molecule has 0 bridgehead atoms. The number of rotatable bonds is 2. The van der Waals surface area contributed by atoms with Gasteiger partial charge >= 0.3 is 0 Å². The summed E-state index contributed by atoms with van der Waals surface area (Å²) in [4.78, 5) is 29.3. The molecule has 1 aromatic heterocycles. The van der Waals surface area contributed by atoms with E-state index in [2.05, 4.69) is 0 Å². The molecule has 2 aliphatic heterocycles. The van der Waals surface area contributed by atoms with Crippen LogP contribution in [-0.2, 0) is 4.79 Å². The van der Waals surface area contributed by atoms with Crippen LogP contribution < -0.4 is 5.73 Å². The van der Waals surface area contributed by atoms with Gasteiger partial charge in [0, 0.05) is 25.7 Å². The Bertz CT molecular complexity index is 503. The number of hydrogen-bond acceptors (Lipinski definition) is 4. The molecule has 0 spiro atoms. The number of nitrogens with zero attached hydrogens (tertiary/aromatic N) is 2. The minimum Gasteiger partial charge on any atom is -0.339 e. The van der Waals surface area contributed by atoms with E-state index in [9.17, 15) is 9.59 Å². The lowest BCUT2D eigenvalue weighted by Gasteiger charge is -2.27. The normalized spacial score (nSPS) is 26.2. The van der Waals surface area contributed by atoms with Crippen molar-refractivity contribution in [1.29, 1.82) is 0 Å². The lowest BCUT2D eigenvalue weighted by molar-refractivity contribution is -0.134. The number of amides is 2. The Morgan fingerprint density at radius 1 is 1.30 bits per heavy atom. The average molecular weight is 293 g/mol. The third kappa shape index (κ3) is 2.45. The van der Waals surface area contributed by atoms with Crippen molar-refractivity contribution in [2.75, 3.05) is 19.6 Å². The second-order valence-electron chi connectivity index (χ2n) is 5.47. The van der Waals surface area contributed by atoms with Gasteiger partial charge in [-0.3, -0.25) is 9.59 Å². The van der Waals surface area contributed by atoms with Crippen LogP contribution in [0, 0.1) is 0 Å². The first-order valence-electron chi connectivity index (χ1n) is 7.05. The highest BCUT2D eigenvalue weighted by atomic mass is 32.1. The van der Waals surface area contributed by atoms with Crippen LogP contribution in [0.2, 0.25) is 0 Å². The van der Waals surface area contributed by atoms with Crippen LogP contribution in [-0.4, -0.2) is 53.3 Å². The summed E-state index contributed by atoms with van der Waals surface area (Å²) in [6.45, 7) is 2.01. The van der Waals surface area contributed by atoms with Gasteiger partial charge in [0.25, 0.3) is 5.91 Å². The van der Waals surface area contributed by atoms with Gasteiger partial charge in [0.05, 0.1) is 4.88 Å². The molecule has 0 radical (unpaired) electrons. The van der Waals surface area contributed by atoms with Crippen molar-refractivity contribution >= 4 is 23.2 Å². The van der Waals surface area contributed by atoms with Crippen LogP contribution >= 0.6 is 11.3 Å². The smallest absolute Gasteiger partial charge is 0.264 e. The first kappa shape index (κ1) is 13.6. The summed E-state index contributed by atoms with van der Waals surface area (Å²) >= 11 is 1.43. The third-order valence-electron chi connectivity index (χ3n) is 4.07. The van der Waals surface area contributed by atoms with E-state index in [4.69, 9.17) is 5.73 Å². The molecule has 3 heterocycles. The van der Waals surface area contributed by atoms with Crippen molar-refractivity contribution in [3.05, 3.63) is 22.4 Å². The zero-order valence-corrected chi connectivity index (χ0v) is 12.1. The van der Waals surface area contributed by atoms with Crippen LogP contribution in [0.1, 0.15) is 28.9 Å². The van der Waals surface area contributed by atoms with Gasteiger partial charge in [0.2, 0.25) is 5.91 Å². The van der Waals surface area contributed by atoms with E-state index in [1.807, 2.05) is 22.4 Å². The van der Waals surface area contributed by atoms with Crippen LogP contribution in [0.25, 0.3) is 0 Å². The van der Waals surface area contributed by atoms with Gasteiger partial charge < -0.3 is 15.5 Å². The van der Waals surface area contributed by atoms with E-state index in [1.165, 1.54) is 11.3 Å². The minimum absolute atomic E-state index is 0.0145. The van der Waals surface area contributed by atoms with E-state index >= 15 is 0 Å². The molecule has 0 saturated carbocycles. The SMILES string of the molecule is N[C@@H]1CCN(C(=O)C2CCCN2C(=O)c2cccs2)C1. The minimum atomic E-state index is -0.296. The maximum Gasteiger partial charge on any atom is 0.264 e. The Morgan fingerprint density at radius 3 is 2.80 bits per heavy atom. The highest BCUT2D eigenvalue weighted by molar-refractivity contribution is 7.12. The van der Waals surface area contributed by atoms with Gasteiger partial charge in [-0.05, 0) is 30.7 Å². The molecular weight excluding hydrogens is 274 g/mol. The zero-order valence-electron chi connectivity index (χ0n) is 11.3. The van der Waals surface area contributed by atoms with Crippen LogP contribution in [0.15, 0.2) is 17.5 Å². The lowest BCUT2D eigenvalue weighted by atomic mass is 10.2. The Morgan fingerprint density at radius 2 is 2.15 bits per heavy atom. The molecule has 2 N–H and O–H groups in total. The Balaban J connectivity index is 1.72. The number of nitrogens with two attached hydrogens (primary N) is 1. The first-order valence-corrected chi connectivity index (χ1v) is 7.93. The van der Waals surface area contributed by atoms with Crippen molar-refractivity contribution in [3.8, 4) is 0 Å². The molecule has 20 heavy (non-hydrogen) atoms. The summed E-state index contributed by atoms with van der Waals surface area (Å²) in [5.41, 5.74) is 5.86. The number of hydrogen-bond donors (Lipinski definition) is 1. The zero-order chi connectivity index (χ0) is 14.1. The van der Waals surface area contributed by atoms with Crippen molar-refractivity contribution in [2.24, 2.45) is 5.73 Å². The molecule has 2 aliphatic rings. The second kappa shape index (κ2) is 5.54. The fourth-order valence-corrected chi connectivity index (χ4v) is 3.69. The van der Waals surface area contributed by atoms with E-state index in [0.717, 1.165) is 25.8 Å². The quantitative estimate of drug-likeness (QED) is 0.881. The molecule has 0 aliphatic carbocycles. The number of likely N-dealkylation sites (tertiary alicyclic amines) is 2. The standard InChI is InChI=1S/C14H19N3O2S/c15-10-5-7-16(9-10)13(18)11-3-1-6-17(11)14(19)12-4-2-8-20-12/h2,4,8,10-11H,1,3,5-7,9,15H2/t10-,11?/m1/s1. The summed E-state index contributed by atoms with van der Waals surface area (Å²) in [6.07, 6.45) is 2.52. The molecular formula is C14H19N3O2S. The lowest BCUT2D eigenvalue weighted by Crippen LogP contribution is -2.47. The molecule has 3 rings (SSSR count). The molecule has 5 nitrogen and oxygen atoms in total. The summed E-state index contributed by atoms with van der Waals surface area (Å²) in [7, 11) is 0. The second-order valence-corrected chi connectivity index (χ2v) is 6.41. The number of carbonyl (C=O) groups excluding carboxylic acids is 2. The van der Waals surface area contributed by atoms with Gasteiger partial charge in [0.15, 0.2) is 0 Å². The average Bonchev–Trinajstić information content (AvgIpc) is 3.18. The molecule has 2 amide bonds. The fourth-order valence-electron chi connectivity index (χ4n) is 3.01. The highest BCUT2D eigenvalue weighted by Crippen LogP contribution is 2.24. The van der Waals surface area contributed by atoms with Crippen molar-refractivity contribution in [2.45, 2.75) is 31.3 Å². The van der Waals surface area contributed by atoms with E-state index in [1.54, 1.807) is 4.90 Å². The third-order valence-corrected chi connectivity index (χ3v) is 4.92.